The number of nitrogens with zero attached hydrogens (tertiary/aromatic N) is 6. The van der Waals surface area contributed by atoms with Crippen molar-refractivity contribution in [3.63, 3.8) is 0 Å². The van der Waals surface area contributed by atoms with Crippen molar-refractivity contribution in [3.8, 4) is 17.1 Å². The summed E-state index contributed by atoms with van der Waals surface area (Å²) >= 11 is 0. The number of alkyl halides is 2. The molecule has 3 aromatic heterocycles. The maximum atomic E-state index is 14.1. The van der Waals surface area contributed by atoms with E-state index in [1.807, 2.05) is 25.2 Å². The summed E-state index contributed by atoms with van der Waals surface area (Å²) in [6.45, 7) is 3.04. The lowest BCUT2D eigenvalue weighted by molar-refractivity contribution is -0.136. The van der Waals surface area contributed by atoms with E-state index in [0.717, 1.165) is 40.5 Å². The topological polar surface area (TPSA) is 191 Å². The zero-order valence-electron chi connectivity index (χ0n) is 35.3. The highest BCUT2D eigenvalue weighted by Gasteiger charge is 2.44. The maximum absolute atomic E-state index is 14.1. The molecule has 8 rings (SSSR count). The molecule has 64 heavy (non-hydrogen) atoms. The highest BCUT2D eigenvalue weighted by molar-refractivity contribution is 6.23. The molecule has 0 radical (unpaired) electrons. The Morgan fingerprint density at radius 3 is 2.47 bits per heavy atom. The Morgan fingerprint density at radius 2 is 1.70 bits per heavy atom. The molecule has 2 fully saturated rings. The normalized spacial score (nSPS) is 16.3. The van der Waals surface area contributed by atoms with Crippen molar-refractivity contribution in [1.82, 2.24) is 34.9 Å². The average Bonchev–Trinajstić information content (AvgIpc) is 3.70. The molecule has 2 aromatic carbocycles. The number of likely N-dealkylation sites (N-methyl/N-ethyl adjacent to an activating group) is 1. The Morgan fingerprint density at radius 1 is 0.938 bits per heavy atom. The minimum absolute atomic E-state index is 0.0580. The van der Waals surface area contributed by atoms with Gasteiger partial charge in [0.1, 0.15) is 12.3 Å². The summed E-state index contributed by atoms with van der Waals surface area (Å²) in [5, 5.41) is 8.79. The van der Waals surface area contributed by atoms with Crippen LogP contribution in [-0.2, 0) is 38.4 Å². The fourth-order valence-corrected chi connectivity index (χ4v) is 7.72. The predicted molar refractivity (Wildman–Crippen MR) is 227 cm³/mol. The van der Waals surface area contributed by atoms with Crippen molar-refractivity contribution in [2.24, 2.45) is 5.92 Å². The van der Waals surface area contributed by atoms with E-state index in [1.54, 1.807) is 42.6 Å². The summed E-state index contributed by atoms with van der Waals surface area (Å²) in [6, 6.07) is 15.0. The van der Waals surface area contributed by atoms with Gasteiger partial charge in [-0.25, -0.2) is 18.4 Å². The number of carbonyl (C=O) groups excluding carboxylic acids is 5. The van der Waals surface area contributed by atoms with Gasteiger partial charge in [-0.15, -0.1) is 0 Å². The highest BCUT2D eigenvalue weighted by atomic mass is 19.3. The van der Waals surface area contributed by atoms with Gasteiger partial charge in [0, 0.05) is 43.6 Å². The van der Waals surface area contributed by atoms with Gasteiger partial charge in [-0.2, -0.15) is 5.10 Å². The van der Waals surface area contributed by atoms with E-state index in [2.05, 4.69) is 30.6 Å². The van der Waals surface area contributed by atoms with E-state index in [1.165, 1.54) is 30.0 Å². The van der Waals surface area contributed by atoms with E-state index < -0.39 is 47.7 Å². The molecule has 0 bridgehead atoms. The fourth-order valence-electron chi connectivity index (χ4n) is 7.72. The molecule has 1 unspecified atom stereocenters. The molecule has 1 aliphatic carbocycles. The summed E-state index contributed by atoms with van der Waals surface area (Å²) in [7, 11) is 1.96. The number of aromatic nitrogens is 4. The molecule has 0 spiro atoms. The van der Waals surface area contributed by atoms with Gasteiger partial charge < -0.3 is 19.2 Å². The van der Waals surface area contributed by atoms with Gasteiger partial charge in [0.15, 0.2) is 11.4 Å². The Kier molecular flexibility index (Phi) is 13.7. The second kappa shape index (κ2) is 19.9. The summed E-state index contributed by atoms with van der Waals surface area (Å²) in [5.74, 6) is -1.82. The van der Waals surface area contributed by atoms with Crippen molar-refractivity contribution < 1.29 is 46.6 Å². The first-order chi connectivity index (χ1) is 31.0. The molecule has 1 saturated heterocycles. The lowest BCUT2D eigenvalue weighted by Crippen LogP contribution is -2.54. The number of pyridine rings is 1. The minimum atomic E-state index is -2.94. The van der Waals surface area contributed by atoms with E-state index in [9.17, 15) is 32.8 Å². The molecule has 5 aromatic rings. The molecule has 334 valence electrons. The molecular formula is C46H48F2N8O8. The average molecular weight is 879 g/mol. The van der Waals surface area contributed by atoms with Gasteiger partial charge in [0.2, 0.25) is 17.7 Å². The number of nitrogens with one attached hydrogen (secondary N) is 2. The van der Waals surface area contributed by atoms with Crippen molar-refractivity contribution in [1.29, 1.82) is 0 Å². The van der Waals surface area contributed by atoms with Crippen LogP contribution in [0.2, 0.25) is 0 Å². The number of rotatable bonds is 21. The SMILES string of the molecule is CN(CCOCCOCCCc1ccc2c(c1)C(=O)N(C1CCC(=O)NC1=O)C2=O)Cc1ccc(-n2cc(NC(=O)c3coc(-c4ccnc(CCC5CC5)c4)n3)c(C(F)F)n2)cc1. The van der Waals surface area contributed by atoms with E-state index in [-0.39, 0.29) is 41.2 Å². The zero-order chi connectivity index (χ0) is 44.7. The van der Waals surface area contributed by atoms with Crippen molar-refractivity contribution in [3.05, 3.63) is 113 Å². The van der Waals surface area contributed by atoms with Gasteiger partial charge in [-0.1, -0.05) is 31.0 Å². The van der Waals surface area contributed by atoms with Crippen LogP contribution >= 0.6 is 0 Å². The number of anilines is 1. The number of oxazole rings is 1. The molecule has 2 N–H and O–H groups in total. The summed E-state index contributed by atoms with van der Waals surface area (Å²) in [6.07, 6.45) is 7.22. The quantitative estimate of drug-likeness (QED) is 0.0652. The number of imide groups is 2. The number of amides is 5. The first-order valence-corrected chi connectivity index (χ1v) is 21.4. The van der Waals surface area contributed by atoms with Crippen molar-refractivity contribution >= 4 is 35.2 Å². The number of hydrogen-bond donors (Lipinski definition) is 2. The van der Waals surface area contributed by atoms with Crippen LogP contribution in [0.1, 0.15) is 98.7 Å². The van der Waals surface area contributed by atoms with Crippen LogP contribution in [0.15, 0.2) is 77.7 Å². The first-order valence-electron chi connectivity index (χ1n) is 21.4. The molecule has 1 atom stereocenters. The molecule has 5 amide bonds. The number of piperidine rings is 1. The van der Waals surface area contributed by atoms with Gasteiger partial charge in [0.25, 0.3) is 24.1 Å². The fraction of sp³-hybridized carbons (Fsp3) is 0.391. The molecule has 1 saturated carbocycles. The Balaban J connectivity index is 0.731. The van der Waals surface area contributed by atoms with Crippen LogP contribution in [0.25, 0.3) is 17.1 Å². The molecule has 16 nitrogen and oxygen atoms in total. The number of fused-ring (bicyclic) bond motifs is 1. The van der Waals surface area contributed by atoms with E-state index in [4.69, 9.17) is 13.9 Å². The zero-order valence-corrected chi connectivity index (χ0v) is 35.3. The molecule has 18 heteroatoms. The summed E-state index contributed by atoms with van der Waals surface area (Å²) < 4.78 is 46.5. The van der Waals surface area contributed by atoms with Gasteiger partial charge in [-0.05, 0) is 92.6 Å². The van der Waals surface area contributed by atoms with E-state index >= 15 is 0 Å². The smallest absolute Gasteiger partial charge is 0.284 e. The molecule has 5 heterocycles. The number of benzene rings is 2. The highest BCUT2D eigenvalue weighted by Crippen LogP contribution is 2.34. The van der Waals surface area contributed by atoms with E-state index in [0.29, 0.717) is 63.6 Å². The lowest BCUT2D eigenvalue weighted by Gasteiger charge is -2.27. The minimum Gasteiger partial charge on any atom is -0.444 e. The van der Waals surface area contributed by atoms with Crippen LogP contribution in [0, 0.1) is 5.92 Å². The number of carbonyl (C=O) groups is 5. The Hall–Kier alpha value is -6.50. The summed E-state index contributed by atoms with van der Waals surface area (Å²) in [5.41, 5.74) is 3.73. The molecule has 3 aliphatic rings. The van der Waals surface area contributed by atoms with Crippen LogP contribution < -0.4 is 10.6 Å². The summed E-state index contributed by atoms with van der Waals surface area (Å²) in [4.78, 5) is 74.7. The van der Waals surface area contributed by atoms with Crippen LogP contribution in [0.5, 0.6) is 0 Å². The second-order valence-corrected chi connectivity index (χ2v) is 16.2. The molecular weight excluding hydrogens is 831 g/mol. The third-order valence-electron chi connectivity index (χ3n) is 11.4. The van der Waals surface area contributed by atoms with Gasteiger partial charge >= 0.3 is 0 Å². The maximum Gasteiger partial charge on any atom is 0.284 e. The number of hydrogen-bond acceptors (Lipinski definition) is 12. The third kappa shape index (κ3) is 10.6. The van der Waals surface area contributed by atoms with Crippen LogP contribution in [0.3, 0.4) is 0 Å². The third-order valence-corrected chi connectivity index (χ3v) is 11.4. The first kappa shape index (κ1) is 44.1. The monoisotopic (exact) mass is 878 g/mol. The predicted octanol–water partition coefficient (Wildman–Crippen LogP) is 5.95. The van der Waals surface area contributed by atoms with Crippen LogP contribution in [-0.4, -0.2) is 105 Å². The Bertz CT molecular complexity index is 2520. The standard InChI is InChI=1S/C46H48F2N8O8/c1-54(18-20-63-22-21-62-19-2-3-29-9-13-34-35(23-29)46(61)56(45(34)60)38-14-15-39(57)52-43(38)59)25-30-7-11-33(12-8-30)55-26-36(40(53-55)41(47)48)50-42(58)37-27-64-44(51-37)31-16-17-49-32(24-31)10-6-28-4-5-28/h7-9,11-13,16-17,23-24,26-28,38,41H,2-6,10,14-15,18-22,25H2,1H3,(H,50,58)(H,52,57,59). The number of aryl methyl sites for hydroxylation is 2. The molecule has 2 aliphatic heterocycles. The Labute approximate surface area is 367 Å². The lowest BCUT2D eigenvalue weighted by atomic mass is 10.0. The van der Waals surface area contributed by atoms with Crippen molar-refractivity contribution in [2.75, 3.05) is 45.3 Å². The van der Waals surface area contributed by atoms with Crippen molar-refractivity contribution in [2.45, 2.75) is 70.4 Å². The second-order valence-electron chi connectivity index (χ2n) is 16.2. The van der Waals surface area contributed by atoms with Gasteiger partial charge in [0.05, 0.1) is 48.5 Å². The largest absolute Gasteiger partial charge is 0.444 e. The van der Waals surface area contributed by atoms with Gasteiger partial charge in [-0.3, -0.25) is 44.1 Å². The number of ether oxygens (including phenoxy) is 2. The van der Waals surface area contributed by atoms with Crippen LogP contribution in [0.4, 0.5) is 14.5 Å². The number of halogens is 2.